The first-order chi connectivity index (χ1) is 12.4. The predicted octanol–water partition coefficient (Wildman–Crippen LogP) is 3.69. The average Bonchev–Trinajstić information content (AvgIpc) is 2.86. The van der Waals surface area contributed by atoms with Gasteiger partial charge in [-0.1, -0.05) is 51.1 Å². The Balaban J connectivity index is 2.00. The molecule has 1 N–H and O–H groups in total. The Morgan fingerprint density at radius 3 is 2.50 bits per heavy atom. The molecular weight excluding hydrogens is 326 g/mol. The molecule has 0 aliphatic carbocycles. The Bertz CT molecular complexity index is 1130. The molecular formula is C22H21NO3. The molecule has 0 unspecified atom stereocenters. The van der Waals surface area contributed by atoms with Gasteiger partial charge in [-0.05, 0) is 34.9 Å². The Hall–Kier alpha value is -2.88. The summed E-state index contributed by atoms with van der Waals surface area (Å²) in [6.45, 7) is 7.17. The van der Waals surface area contributed by atoms with Crippen molar-refractivity contribution in [2.24, 2.45) is 0 Å². The van der Waals surface area contributed by atoms with Crippen molar-refractivity contribution < 1.29 is 5.11 Å². The second kappa shape index (κ2) is 5.56. The third-order valence-electron chi connectivity index (χ3n) is 5.40. The minimum absolute atomic E-state index is 0.122. The summed E-state index contributed by atoms with van der Waals surface area (Å²) in [6, 6.07) is 12.5. The van der Waals surface area contributed by atoms with Crippen LogP contribution in [0.4, 0.5) is 5.69 Å². The fraction of sp³-hybridized carbons (Fsp3) is 0.273. The van der Waals surface area contributed by atoms with Crippen LogP contribution in [0.15, 0.2) is 51.7 Å². The van der Waals surface area contributed by atoms with Crippen molar-refractivity contribution >= 4 is 22.5 Å². The molecule has 132 valence electrons. The standard InChI is InChI=1S/C22H21NO3/c1-4-11-23-16-10-9-13-7-5-6-8-14(13)18(16)22(2,3)17(23)12-15-19(24)21(26)20(15)25/h5-10,12,24H,4,11H2,1-3H3. The maximum absolute atomic E-state index is 11.9. The third kappa shape index (κ3) is 2.08. The second-order valence-corrected chi connectivity index (χ2v) is 7.41. The Labute approximate surface area is 151 Å². The van der Waals surface area contributed by atoms with Gasteiger partial charge >= 0.3 is 0 Å². The normalized spacial score (nSPS) is 17.3. The Morgan fingerprint density at radius 2 is 1.81 bits per heavy atom. The molecule has 0 spiro atoms. The van der Waals surface area contributed by atoms with Gasteiger partial charge in [0.15, 0.2) is 5.75 Å². The molecule has 0 fully saturated rings. The summed E-state index contributed by atoms with van der Waals surface area (Å²) in [4.78, 5) is 25.5. The van der Waals surface area contributed by atoms with E-state index < -0.39 is 16.6 Å². The van der Waals surface area contributed by atoms with E-state index in [9.17, 15) is 14.7 Å². The molecule has 1 heterocycles. The van der Waals surface area contributed by atoms with E-state index in [4.69, 9.17) is 0 Å². The summed E-state index contributed by atoms with van der Waals surface area (Å²) in [5.74, 6) is -0.421. The lowest BCUT2D eigenvalue weighted by molar-refractivity contribution is 0.461. The van der Waals surface area contributed by atoms with Gasteiger partial charge in [0.1, 0.15) is 0 Å². The summed E-state index contributed by atoms with van der Waals surface area (Å²) < 4.78 is 0. The van der Waals surface area contributed by atoms with E-state index >= 15 is 0 Å². The van der Waals surface area contributed by atoms with Gasteiger partial charge in [0.05, 0.1) is 5.56 Å². The van der Waals surface area contributed by atoms with Crippen molar-refractivity contribution in [2.45, 2.75) is 32.6 Å². The summed E-state index contributed by atoms with van der Waals surface area (Å²) in [7, 11) is 0. The van der Waals surface area contributed by atoms with E-state index in [1.54, 1.807) is 6.08 Å². The number of fused-ring (bicyclic) bond motifs is 3. The zero-order valence-electron chi connectivity index (χ0n) is 15.2. The van der Waals surface area contributed by atoms with Crippen molar-refractivity contribution in [1.82, 2.24) is 0 Å². The van der Waals surface area contributed by atoms with Gasteiger partial charge in [-0.3, -0.25) is 9.59 Å². The monoisotopic (exact) mass is 347 g/mol. The first-order valence-corrected chi connectivity index (χ1v) is 8.92. The van der Waals surface area contributed by atoms with Crippen LogP contribution in [0.25, 0.3) is 16.8 Å². The van der Waals surface area contributed by atoms with Crippen molar-refractivity contribution in [3.05, 3.63) is 73.7 Å². The minimum atomic E-state index is -0.794. The van der Waals surface area contributed by atoms with Crippen LogP contribution in [0.5, 0.6) is 5.75 Å². The van der Waals surface area contributed by atoms with Crippen LogP contribution in [0.3, 0.4) is 0 Å². The van der Waals surface area contributed by atoms with Crippen molar-refractivity contribution in [2.75, 3.05) is 11.4 Å². The quantitative estimate of drug-likeness (QED) is 0.734. The van der Waals surface area contributed by atoms with Crippen LogP contribution in [0.2, 0.25) is 0 Å². The van der Waals surface area contributed by atoms with Crippen LogP contribution < -0.4 is 15.8 Å². The van der Waals surface area contributed by atoms with Crippen molar-refractivity contribution in [1.29, 1.82) is 0 Å². The number of benzene rings is 2. The summed E-state index contributed by atoms with van der Waals surface area (Å²) in [5, 5.41) is 12.2. The fourth-order valence-corrected chi connectivity index (χ4v) is 4.13. The van der Waals surface area contributed by atoms with Gasteiger partial charge < -0.3 is 10.0 Å². The van der Waals surface area contributed by atoms with E-state index in [1.165, 1.54) is 16.3 Å². The molecule has 4 nitrogen and oxygen atoms in total. The maximum Gasteiger partial charge on any atom is 0.268 e. The van der Waals surface area contributed by atoms with Gasteiger partial charge in [-0.15, -0.1) is 0 Å². The molecule has 4 heteroatoms. The summed E-state index contributed by atoms with van der Waals surface area (Å²) in [6.07, 6.45) is 2.64. The molecule has 0 saturated carbocycles. The number of allylic oxidation sites excluding steroid dienone is 1. The lowest BCUT2D eigenvalue weighted by Crippen LogP contribution is -2.34. The lowest BCUT2D eigenvalue weighted by Gasteiger charge is -2.27. The van der Waals surface area contributed by atoms with E-state index in [-0.39, 0.29) is 11.0 Å². The topological polar surface area (TPSA) is 57.6 Å². The number of anilines is 1. The van der Waals surface area contributed by atoms with E-state index in [0.29, 0.717) is 0 Å². The Kier molecular flexibility index (Phi) is 3.55. The van der Waals surface area contributed by atoms with Gasteiger partial charge in [0.2, 0.25) is 5.43 Å². The fourth-order valence-electron chi connectivity index (χ4n) is 4.13. The van der Waals surface area contributed by atoms with E-state index in [2.05, 4.69) is 49.9 Å². The molecule has 0 radical (unpaired) electrons. The molecule has 0 atom stereocenters. The number of aromatic hydroxyl groups is 1. The molecule has 0 aromatic heterocycles. The van der Waals surface area contributed by atoms with Gasteiger partial charge in [0, 0.05) is 23.3 Å². The van der Waals surface area contributed by atoms with Gasteiger partial charge in [0.25, 0.3) is 5.43 Å². The average molecular weight is 347 g/mol. The van der Waals surface area contributed by atoms with Crippen LogP contribution in [-0.2, 0) is 5.41 Å². The highest BCUT2D eigenvalue weighted by Crippen LogP contribution is 2.51. The SMILES string of the molecule is CCCN1C(=Cc2c(O)c(=O)c2=O)C(C)(C)c2c1ccc1ccccc21. The maximum atomic E-state index is 11.9. The lowest BCUT2D eigenvalue weighted by atomic mass is 9.80. The molecule has 3 aromatic rings. The number of nitrogens with zero attached hydrogens (tertiary/aromatic N) is 1. The highest BCUT2D eigenvalue weighted by molar-refractivity contribution is 5.95. The molecule has 1 aliphatic heterocycles. The molecule has 3 aromatic carbocycles. The molecule has 4 rings (SSSR count). The van der Waals surface area contributed by atoms with Crippen molar-refractivity contribution in [3.63, 3.8) is 0 Å². The zero-order valence-corrected chi connectivity index (χ0v) is 15.2. The van der Waals surface area contributed by atoms with Crippen molar-refractivity contribution in [3.8, 4) is 5.75 Å². The smallest absolute Gasteiger partial charge is 0.268 e. The van der Waals surface area contributed by atoms with Crippen LogP contribution in [0.1, 0.15) is 38.3 Å². The van der Waals surface area contributed by atoms with Gasteiger partial charge in [-0.25, -0.2) is 0 Å². The molecule has 1 aliphatic rings. The Morgan fingerprint density at radius 1 is 1.08 bits per heavy atom. The number of hydrogen-bond acceptors (Lipinski definition) is 4. The predicted molar refractivity (Wildman–Crippen MR) is 106 cm³/mol. The number of hydrogen-bond donors (Lipinski definition) is 1. The van der Waals surface area contributed by atoms with Gasteiger partial charge in [-0.2, -0.15) is 0 Å². The zero-order chi connectivity index (χ0) is 18.6. The molecule has 0 amide bonds. The minimum Gasteiger partial charge on any atom is -0.504 e. The van der Waals surface area contributed by atoms with Crippen LogP contribution >= 0.6 is 0 Å². The molecule has 0 bridgehead atoms. The first-order valence-electron chi connectivity index (χ1n) is 8.92. The first kappa shape index (κ1) is 16.6. The highest BCUT2D eigenvalue weighted by Gasteiger charge is 2.41. The summed E-state index contributed by atoms with van der Waals surface area (Å²) in [5.41, 5.74) is 1.65. The molecule has 26 heavy (non-hydrogen) atoms. The largest absolute Gasteiger partial charge is 0.504 e. The van der Waals surface area contributed by atoms with Crippen LogP contribution in [0, 0.1) is 0 Å². The number of rotatable bonds is 3. The molecule has 0 saturated heterocycles. The second-order valence-electron chi connectivity index (χ2n) is 7.41. The van der Waals surface area contributed by atoms with Crippen LogP contribution in [-0.4, -0.2) is 11.7 Å². The summed E-state index contributed by atoms with van der Waals surface area (Å²) >= 11 is 0. The van der Waals surface area contributed by atoms with E-state index in [1.807, 2.05) is 12.1 Å². The van der Waals surface area contributed by atoms with E-state index in [0.717, 1.165) is 24.4 Å². The highest BCUT2D eigenvalue weighted by atomic mass is 16.3. The third-order valence-corrected chi connectivity index (χ3v) is 5.40.